The van der Waals surface area contributed by atoms with Crippen LogP contribution < -0.4 is 14.2 Å². The van der Waals surface area contributed by atoms with Gasteiger partial charge < -0.3 is 14.2 Å². The molecule has 2 aromatic rings. The Labute approximate surface area is 124 Å². The minimum atomic E-state index is 0.485. The van der Waals surface area contributed by atoms with Gasteiger partial charge in [0.05, 0.1) is 20.8 Å². The summed E-state index contributed by atoms with van der Waals surface area (Å²) in [6, 6.07) is 13.3. The van der Waals surface area contributed by atoms with E-state index in [1.807, 2.05) is 30.3 Å². The van der Waals surface area contributed by atoms with Gasteiger partial charge in [-0.05, 0) is 17.7 Å². The summed E-state index contributed by atoms with van der Waals surface area (Å²) in [5.74, 6) is 1.50. The smallest absolute Gasteiger partial charge is 0.203 e. The summed E-state index contributed by atoms with van der Waals surface area (Å²) >= 11 is 0. The lowest BCUT2D eigenvalue weighted by Gasteiger charge is -2.15. The number of rotatable bonds is 7. The van der Waals surface area contributed by atoms with E-state index in [0.717, 1.165) is 12.7 Å². The largest absolute Gasteiger partial charge is 0.493 e. The van der Waals surface area contributed by atoms with E-state index in [4.69, 9.17) is 14.2 Å². The highest BCUT2D eigenvalue weighted by molar-refractivity contribution is 5.78. The predicted octanol–water partition coefficient (Wildman–Crippen LogP) is 3.14. The van der Waals surface area contributed by atoms with Crippen LogP contribution in [0.15, 0.2) is 42.5 Å². The average molecular weight is 286 g/mol. The van der Waals surface area contributed by atoms with Crippen LogP contribution in [0, 0.1) is 0 Å². The Kier molecular flexibility index (Phi) is 5.21. The molecule has 0 amide bonds. The van der Waals surface area contributed by atoms with Gasteiger partial charge >= 0.3 is 0 Å². The molecule has 4 heteroatoms. The lowest BCUT2D eigenvalue weighted by molar-refractivity contribution is 0.112. The van der Waals surface area contributed by atoms with Gasteiger partial charge in [0.15, 0.2) is 11.5 Å². The van der Waals surface area contributed by atoms with Crippen molar-refractivity contribution in [1.29, 1.82) is 0 Å². The highest BCUT2D eigenvalue weighted by atomic mass is 16.5. The van der Waals surface area contributed by atoms with Crippen LogP contribution in [0.25, 0.3) is 0 Å². The maximum Gasteiger partial charge on any atom is 0.203 e. The monoisotopic (exact) mass is 286 g/mol. The molecule has 2 rings (SSSR count). The SMILES string of the molecule is COc1cc(C=O)cc(OC)c1OCCc1ccccc1. The molecule has 0 aliphatic carbocycles. The average Bonchev–Trinajstić information content (AvgIpc) is 2.55. The first kappa shape index (κ1) is 14.9. The third kappa shape index (κ3) is 3.75. The second-order valence-electron chi connectivity index (χ2n) is 4.46. The zero-order valence-corrected chi connectivity index (χ0v) is 12.2. The number of hydrogen-bond donors (Lipinski definition) is 0. The summed E-state index contributed by atoms with van der Waals surface area (Å²) in [7, 11) is 3.07. The Morgan fingerprint density at radius 2 is 1.62 bits per heavy atom. The van der Waals surface area contributed by atoms with E-state index in [0.29, 0.717) is 29.4 Å². The Hall–Kier alpha value is -2.49. The number of carbonyl (C=O) groups excluding carboxylic acids is 1. The fraction of sp³-hybridized carbons (Fsp3) is 0.235. The second-order valence-corrected chi connectivity index (χ2v) is 4.46. The Morgan fingerprint density at radius 1 is 1.00 bits per heavy atom. The van der Waals surface area contributed by atoms with Gasteiger partial charge in [-0.1, -0.05) is 30.3 Å². The van der Waals surface area contributed by atoms with Crippen LogP contribution in [-0.4, -0.2) is 27.1 Å². The molecule has 0 aliphatic rings. The Morgan fingerprint density at radius 3 is 2.14 bits per heavy atom. The standard InChI is InChI=1S/C17H18O4/c1-19-15-10-14(12-18)11-16(20-2)17(15)21-9-8-13-6-4-3-5-7-13/h3-7,10-12H,8-9H2,1-2H3. The molecule has 0 saturated carbocycles. The summed E-state index contributed by atoms with van der Waals surface area (Å²) in [5.41, 5.74) is 1.68. The van der Waals surface area contributed by atoms with E-state index in [9.17, 15) is 4.79 Å². The number of methoxy groups -OCH3 is 2. The molecular formula is C17H18O4. The van der Waals surface area contributed by atoms with Crippen LogP contribution in [0.4, 0.5) is 0 Å². The van der Waals surface area contributed by atoms with Crippen LogP contribution in [0.1, 0.15) is 15.9 Å². The minimum absolute atomic E-state index is 0.485. The third-order valence-electron chi connectivity index (χ3n) is 3.10. The summed E-state index contributed by atoms with van der Waals surface area (Å²) in [6.45, 7) is 0.497. The summed E-state index contributed by atoms with van der Waals surface area (Å²) in [4.78, 5) is 10.9. The van der Waals surface area contributed by atoms with Crippen molar-refractivity contribution in [1.82, 2.24) is 0 Å². The molecule has 2 aromatic carbocycles. The molecule has 0 bridgehead atoms. The second kappa shape index (κ2) is 7.33. The van der Waals surface area contributed by atoms with Crippen LogP contribution >= 0.6 is 0 Å². The van der Waals surface area contributed by atoms with E-state index in [2.05, 4.69) is 0 Å². The summed E-state index contributed by atoms with van der Waals surface area (Å²) < 4.78 is 16.3. The molecule has 0 radical (unpaired) electrons. The van der Waals surface area contributed by atoms with Crippen LogP contribution in [0.3, 0.4) is 0 Å². The van der Waals surface area contributed by atoms with Gasteiger partial charge in [0, 0.05) is 12.0 Å². The normalized spacial score (nSPS) is 10.0. The van der Waals surface area contributed by atoms with Crippen molar-refractivity contribution < 1.29 is 19.0 Å². The number of hydrogen-bond acceptors (Lipinski definition) is 4. The van der Waals surface area contributed by atoms with Gasteiger partial charge in [-0.3, -0.25) is 4.79 Å². The van der Waals surface area contributed by atoms with Crippen molar-refractivity contribution in [2.45, 2.75) is 6.42 Å². The zero-order chi connectivity index (χ0) is 15.1. The maximum absolute atomic E-state index is 10.9. The fourth-order valence-electron chi connectivity index (χ4n) is 2.03. The van der Waals surface area contributed by atoms with E-state index < -0.39 is 0 Å². The number of aldehydes is 1. The summed E-state index contributed by atoms with van der Waals surface area (Å²) in [6.07, 6.45) is 1.53. The molecule has 21 heavy (non-hydrogen) atoms. The first-order valence-corrected chi connectivity index (χ1v) is 6.66. The number of benzene rings is 2. The highest BCUT2D eigenvalue weighted by Gasteiger charge is 2.14. The van der Waals surface area contributed by atoms with Gasteiger partial charge in [0.25, 0.3) is 0 Å². The van der Waals surface area contributed by atoms with Gasteiger partial charge in [0.1, 0.15) is 6.29 Å². The number of ether oxygens (including phenoxy) is 3. The minimum Gasteiger partial charge on any atom is -0.493 e. The third-order valence-corrected chi connectivity index (χ3v) is 3.10. The van der Waals surface area contributed by atoms with Crippen molar-refractivity contribution in [3.8, 4) is 17.2 Å². The van der Waals surface area contributed by atoms with E-state index in [1.54, 1.807) is 12.1 Å². The van der Waals surface area contributed by atoms with Gasteiger partial charge in [-0.15, -0.1) is 0 Å². The highest BCUT2D eigenvalue weighted by Crippen LogP contribution is 2.38. The van der Waals surface area contributed by atoms with E-state index in [1.165, 1.54) is 19.8 Å². The molecule has 0 unspecified atom stereocenters. The Bertz CT molecular complexity index is 568. The molecular weight excluding hydrogens is 268 g/mol. The molecule has 110 valence electrons. The van der Waals surface area contributed by atoms with Gasteiger partial charge in [-0.25, -0.2) is 0 Å². The Balaban J connectivity index is 2.13. The van der Waals surface area contributed by atoms with Crippen molar-refractivity contribution in [2.75, 3.05) is 20.8 Å². The van der Waals surface area contributed by atoms with E-state index in [-0.39, 0.29) is 0 Å². The van der Waals surface area contributed by atoms with Gasteiger partial charge in [0.2, 0.25) is 5.75 Å². The molecule has 0 spiro atoms. The number of carbonyl (C=O) groups is 1. The van der Waals surface area contributed by atoms with Crippen LogP contribution in [0.2, 0.25) is 0 Å². The van der Waals surface area contributed by atoms with Gasteiger partial charge in [-0.2, -0.15) is 0 Å². The molecule has 0 aliphatic heterocycles. The molecule has 0 heterocycles. The van der Waals surface area contributed by atoms with Crippen LogP contribution in [-0.2, 0) is 6.42 Å². The first-order valence-electron chi connectivity index (χ1n) is 6.66. The topological polar surface area (TPSA) is 44.8 Å². The summed E-state index contributed by atoms with van der Waals surface area (Å²) in [5, 5.41) is 0. The van der Waals surface area contributed by atoms with Crippen molar-refractivity contribution >= 4 is 6.29 Å². The quantitative estimate of drug-likeness (QED) is 0.733. The first-order chi connectivity index (χ1) is 10.3. The van der Waals surface area contributed by atoms with Crippen molar-refractivity contribution in [2.24, 2.45) is 0 Å². The fourth-order valence-corrected chi connectivity index (χ4v) is 2.03. The lowest BCUT2D eigenvalue weighted by Crippen LogP contribution is -2.04. The molecule has 4 nitrogen and oxygen atoms in total. The lowest BCUT2D eigenvalue weighted by atomic mass is 10.1. The van der Waals surface area contributed by atoms with Crippen molar-refractivity contribution in [3.63, 3.8) is 0 Å². The molecule has 0 N–H and O–H groups in total. The maximum atomic E-state index is 10.9. The van der Waals surface area contributed by atoms with Crippen molar-refractivity contribution in [3.05, 3.63) is 53.6 Å². The predicted molar refractivity (Wildman–Crippen MR) is 80.6 cm³/mol. The van der Waals surface area contributed by atoms with Crippen LogP contribution in [0.5, 0.6) is 17.2 Å². The molecule has 0 aromatic heterocycles. The molecule has 0 saturated heterocycles. The van der Waals surface area contributed by atoms with E-state index >= 15 is 0 Å². The zero-order valence-electron chi connectivity index (χ0n) is 12.2. The molecule has 0 atom stereocenters. The molecule has 0 fully saturated rings.